The van der Waals surface area contributed by atoms with Gasteiger partial charge < -0.3 is 22.9 Å². The average molecular weight is 556 g/mol. The summed E-state index contributed by atoms with van der Waals surface area (Å²) in [6.07, 6.45) is 0. The standard InChI is InChI=1S/C25H16N8O8/c26-17-5-13-9(1-21(17)30(34)35)10-2-22(31(36)37)18(27)6-14(10)25(13)15-7-19(28)23(32(38)39)3-11(15)12-4-24(33(40)41)20(29)8-16(12)25/h1-8H,26-29H2. The molecule has 8 N–H and O–H groups in total. The van der Waals surface area contributed by atoms with Crippen molar-refractivity contribution in [2.75, 3.05) is 22.9 Å². The highest BCUT2D eigenvalue weighted by Crippen LogP contribution is 2.65. The summed E-state index contributed by atoms with van der Waals surface area (Å²) in [6.45, 7) is 0. The number of benzene rings is 4. The van der Waals surface area contributed by atoms with Crippen LogP contribution in [0, 0.1) is 40.5 Å². The first-order chi connectivity index (χ1) is 19.3. The lowest BCUT2D eigenvalue weighted by atomic mass is 9.70. The van der Waals surface area contributed by atoms with Crippen LogP contribution in [0.4, 0.5) is 45.5 Å². The summed E-state index contributed by atoms with van der Waals surface area (Å²) < 4.78 is 0. The molecule has 6 rings (SSSR count). The molecule has 0 radical (unpaired) electrons. The Morgan fingerprint density at radius 3 is 0.780 bits per heavy atom. The van der Waals surface area contributed by atoms with E-state index in [0.717, 1.165) is 0 Å². The van der Waals surface area contributed by atoms with Gasteiger partial charge in [-0.15, -0.1) is 0 Å². The molecule has 0 saturated heterocycles. The largest absolute Gasteiger partial charge is 0.393 e. The van der Waals surface area contributed by atoms with Crippen molar-refractivity contribution in [1.29, 1.82) is 0 Å². The molecule has 0 atom stereocenters. The Kier molecular flexibility index (Phi) is 4.79. The lowest BCUT2D eigenvalue weighted by Gasteiger charge is -2.31. The summed E-state index contributed by atoms with van der Waals surface area (Å²) >= 11 is 0. The monoisotopic (exact) mass is 556 g/mol. The van der Waals surface area contributed by atoms with Gasteiger partial charge in [-0.1, -0.05) is 0 Å². The van der Waals surface area contributed by atoms with Gasteiger partial charge in [-0.05, 0) is 68.8 Å². The van der Waals surface area contributed by atoms with Crippen LogP contribution in [0.1, 0.15) is 22.3 Å². The molecular formula is C25H16N8O8. The van der Waals surface area contributed by atoms with E-state index in [9.17, 15) is 40.5 Å². The van der Waals surface area contributed by atoms with E-state index in [2.05, 4.69) is 0 Å². The van der Waals surface area contributed by atoms with Crippen LogP contribution in [-0.4, -0.2) is 19.7 Å². The second-order valence-corrected chi connectivity index (χ2v) is 9.60. The number of nitro benzene ring substituents is 4. The van der Waals surface area contributed by atoms with Gasteiger partial charge in [-0.2, -0.15) is 0 Å². The summed E-state index contributed by atoms with van der Waals surface area (Å²) in [5, 5.41) is 47.2. The van der Waals surface area contributed by atoms with E-state index >= 15 is 0 Å². The lowest BCUT2D eigenvalue weighted by Crippen LogP contribution is -2.27. The van der Waals surface area contributed by atoms with Crippen LogP contribution in [0.2, 0.25) is 0 Å². The maximum Gasteiger partial charge on any atom is 0.292 e. The summed E-state index contributed by atoms with van der Waals surface area (Å²) in [5.74, 6) is 0. The normalized spacial score (nSPS) is 13.3. The van der Waals surface area contributed by atoms with Gasteiger partial charge in [-0.25, -0.2) is 0 Å². The van der Waals surface area contributed by atoms with Crippen LogP contribution in [0.3, 0.4) is 0 Å². The molecule has 4 aromatic carbocycles. The van der Waals surface area contributed by atoms with Crippen molar-refractivity contribution < 1.29 is 19.7 Å². The Morgan fingerprint density at radius 2 is 0.610 bits per heavy atom. The molecule has 2 aliphatic rings. The van der Waals surface area contributed by atoms with Gasteiger partial charge in [0.15, 0.2) is 0 Å². The number of nitrogens with zero attached hydrogens (tertiary/aromatic N) is 4. The van der Waals surface area contributed by atoms with Crippen LogP contribution in [0.5, 0.6) is 0 Å². The fraction of sp³-hybridized carbons (Fsp3) is 0.0400. The Balaban J connectivity index is 1.87. The minimum absolute atomic E-state index is 0.205. The Morgan fingerprint density at radius 1 is 0.415 bits per heavy atom. The number of fused-ring (bicyclic) bond motifs is 10. The number of hydrogen-bond donors (Lipinski definition) is 4. The molecule has 0 unspecified atom stereocenters. The van der Waals surface area contributed by atoms with Crippen molar-refractivity contribution in [3.8, 4) is 22.3 Å². The molecule has 1 spiro atoms. The molecule has 0 heterocycles. The Hall–Kier alpha value is -6.32. The molecule has 204 valence electrons. The van der Waals surface area contributed by atoms with E-state index in [-0.39, 0.29) is 45.0 Å². The summed E-state index contributed by atoms with van der Waals surface area (Å²) in [4.78, 5) is 44.4. The lowest BCUT2D eigenvalue weighted by molar-refractivity contribution is -0.384. The van der Waals surface area contributed by atoms with Crippen molar-refractivity contribution >= 4 is 45.5 Å². The SMILES string of the molecule is Nc1cc2c(cc1[N+](=O)[O-])-c1cc([N+](=O)[O-])c(N)cc1C21c2cc(N)c([N+](=O)[O-])cc2-c2cc([N+](=O)[O-])c(N)cc21. The first-order valence-corrected chi connectivity index (χ1v) is 11.6. The third-order valence-corrected chi connectivity index (χ3v) is 7.65. The zero-order valence-electron chi connectivity index (χ0n) is 20.5. The highest BCUT2D eigenvalue weighted by atomic mass is 16.6. The zero-order valence-corrected chi connectivity index (χ0v) is 20.5. The minimum atomic E-state index is -1.51. The highest BCUT2D eigenvalue weighted by molar-refractivity contribution is 6.00. The molecule has 41 heavy (non-hydrogen) atoms. The number of nitrogens with two attached hydrogens (primary N) is 4. The summed E-state index contributed by atoms with van der Waals surface area (Å²) in [5.41, 5.74) is 22.3. The molecule has 0 bridgehead atoms. The Labute approximate surface area is 227 Å². The van der Waals surface area contributed by atoms with Gasteiger partial charge in [0.2, 0.25) is 0 Å². The predicted molar refractivity (Wildman–Crippen MR) is 147 cm³/mol. The predicted octanol–water partition coefficient (Wildman–Crippen LogP) is 3.99. The second kappa shape index (κ2) is 7.85. The number of rotatable bonds is 4. The van der Waals surface area contributed by atoms with E-state index in [4.69, 9.17) is 22.9 Å². The van der Waals surface area contributed by atoms with E-state index in [1.54, 1.807) is 0 Å². The van der Waals surface area contributed by atoms with Gasteiger partial charge in [0.05, 0.1) is 25.1 Å². The third-order valence-electron chi connectivity index (χ3n) is 7.65. The van der Waals surface area contributed by atoms with Crippen molar-refractivity contribution in [3.63, 3.8) is 0 Å². The van der Waals surface area contributed by atoms with Crippen LogP contribution in [-0.2, 0) is 5.41 Å². The smallest absolute Gasteiger partial charge is 0.292 e. The van der Waals surface area contributed by atoms with E-state index in [0.29, 0.717) is 22.3 Å². The average Bonchev–Trinajstić information content (AvgIpc) is 3.30. The molecule has 0 saturated carbocycles. The van der Waals surface area contributed by atoms with E-state index in [1.165, 1.54) is 48.5 Å². The molecule has 16 heteroatoms. The van der Waals surface area contributed by atoms with Gasteiger partial charge in [0.25, 0.3) is 22.7 Å². The summed E-state index contributed by atoms with van der Waals surface area (Å²) in [6, 6.07) is 10.1. The van der Waals surface area contributed by atoms with Crippen LogP contribution < -0.4 is 22.9 Å². The van der Waals surface area contributed by atoms with Gasteiger partial charge in [-0.3, -0.25) is 40.5 Å². The molecule has 2 aliphatic carbocycles. The van der Waals surface area contributed by atoms with Gasteiger partial charge in [0, 0.05) is 24.3 Å². The number of nitro groups is 4. The maximum absolute atomic E-state index is 11.8. The van der Waals surface area contributed by atoms with Crippen LogP contribution >= 0.6 is 0 Å². The first kappa shape index (κ1) is 25.0. The van der Waals surface area contributed by atoms with E-state index in [1.807, 2.05) is 0 Å². The molecule has 0 aromatic heterocycles. The molecule has 0 fully saturated rings. The quantitative estimate of drug-likeness (QED) is 0.136. The van der Waals surface area contributed by atoms with Crippen molar-refractivity contribution in [2.24, 2.45) is 0 Å². The van der Waals surface area contributed by atoms with E-state index < -0.39 is 47.9 Å². The minimum Gasteiger partial charge on any atom is -0.393 e. The van der Waals surface area contributed by atoms with Crippen molar-refractivity contribution in [3.05, 3.63) is 111 Å². The number of nitrogen functional groups attached to an aromatic ring is 4. The molecule has 0 aliphatic heterocycles. The second-order valence-electron chi connectivity index (χ2n) is 9.60. The third kappa shape index (κ3) is 3.03. The summed E-state index contributed by atoms with van der Waals surface area (Å²) in [7, 11) is 0. The highest BCUT2D eigenvalue weighted by Gasteiger charge is 2.54. The van der Waals surface area contributed by atoms with Gasteiger partial charge >= 0.3 is 0 Å². The molecule has 4 aromatic rings. The maximum atomic E-state index is 11.8. The van der Waals surface area contributed by atoms with Crippen molar-refractivity contribution in [2.45, 2.75) is 5.41 Å². The zero-order chi connectivity index (χ0) is 29.7. The van der Waals surface area contributed by atoms with Crippen LogP contribution in [0.25, 0.3) is 22.3 Å². The Bertz CT molecular complexity index is 1690. The topological polar surface area (TPSA) is 277 Å². The number of hydrogen-bond acceptors (Lipinski definition) is 12. The number of anilines is 4. The van der Waals surface area contributed by atoms with Gasteiger partial charge in [0.1, 0.15) is 22.7 Å². The van der Waals surface area contributed by atoms with Crippen molar-refractivity contribution in [1.82, 2.24) is 0 Å². The fourth-order valence-electron chi connectivity index (χ4n) is 6.06. The molecule has 0 amide bonds. The fourth-order valence-corrected chi connectivity index (χ4v) is 6.06. The molecular weight excluding hydrogens is 540 g/mol. The molecule has 16 nitrogen and oxygen atoms in total. The van der Waals surface area contributed by atoms with Crippen LogP contribution in [0.15, 0.2) is 48.5 Å². The first-order valence-electron chi connectivity index (χ1n) is 11.6.